The van der Waals surface area contributed by atoms with E-state index in [1.807, 2.05) is 13.0 Å². The van der Waals surface area contributed by atoms with Crippen molar-refractivity contribution in [2.75, 3.05) is 18.4 Å². The Morgan fingerprint density at radius 3 is 2.55 bits per heavy atom. The van der Waals surface area contributed by atoms with E-state index in [0.29, 0.717) is 32.4 Å². The Morgan fingerprint density at radius 1 is 1.10 bits per heavy atom. The van der Waals surface area contributed by atoms with Crippen LogP contribution in [0.4, 0.5) is 14.9 Å². The Bertz CT molecular complexity index is 1570. The number of amides is 3. The number of nitrogens with one attached hydrogen (secondary N) is 2. The van der Waals surface area contributed by atoms with Gasteiger partial charge in [0.2, 0.25) is 11.8 Å². The Kier molecular flexibility index (Phi) is 7.98. The molecule has 0 unspecified atom stereocenters. The summed E-state index contributed by atoms with van der Waals surface area (Å²) in [6.45, 7) is 7.28. The fraction of sp³-hybridized carbons (Fsp3) is 0.344. The zero-order valence-corrected chi connectivity index (χ0v) is 25.3. The number of nitrogens with zero attached hydrogens (tertiary/aromatic N) is 1. The highest BCUT2D eigenvalue weighted by molar-refractivity contribution is 6.31. The van der Waals surface area contributed by atoms with E-state index in [4.69, 9.17) is 27.9 Å². The van der Waals surface area contributed by atoms with E-state index >= 15 is 0 Å². The largest absolute Gasteiger partial charge is 0.444 e. The lowest BCUT2D eigenvalue weighted by atomic mass is 9.58. The number of halogens is 3. The van der Waals surface area contributed by atoms with Crippen molar-refractivity contribution in [3.63, 3.8) is 0 Å². The minimum atomic E-state index is -1.37. The molecule has 0 aromatic heterocycles. The average Bonchev–Trinajstić information content (AvgIpc) is 3.17. The Labute approximate surface area is 254 Å². The molecule has 1 fully saturated rings. The molecular formula is C32H32Cl2FN3O4. The Balaban J connectivity index is 1.70. The van der Waals surface area contributed by atoms with E-state index in [2.05, 4.69) is 10.6 Å². The molecule has 3 atom stereocenters. The van der Waals surface area contributed by atoms with Crippen LogP contribution in [-0.4, -0.2) is 41.5 Å². The summed E-state index contributed by atoms with van der Waals surface area (Å²) in [5.41, 5.74) is 1.07. The molecule has 2 aliphatic heterocycles. The minimum absolute atomic E-state index is 0.0662. The number of fused-ring (bicyclic) bond motifs is 2. The third kappa shape index (κ3) is 5.45. The van der Waals surface area contributed by atoms with Gasteiger partial charge < -0.3 is 20.3 Å². The minimum Gasteiger partial charge on any atom is -0.444 e. The van der Waals surface area contributed by atoms with Gasteiger partial charge in [-0.3, -0.25) is 9.59 Å². The summed E-state index contributed by atoms with van der Waals surface area (Å²) in [4.78, 5) is 42.5. The molecule has 220 valence electrons. The molecule has 10 heteroatoms. The third-order valence-electron chi connectivity index (χ3n) is 7.84. The highest BCUT2D eigenvalue weighted by Gasteiger charge is 2.63. The van der Waals surface area contributed by atoms with E-state index in [1.165, 1.54) is 12.1 Å². The lowest BCUT2D eigenvalue weighted by Gasteiger charge is -2.52. The molecule has 5 rings (SSSR count). The van der Waals surface area contributed by atoms with Gasteiger partial charge in [0.05, 0.1) is 6.04 Å². The average molecular weight is 613 g/mol. The van der Waals surface area contributed by atoms with Gasteiger partial charge in [-0.05, 0) is 86.3 Å². The number of piperidine rings is 1. The number of likely N-dealkylation sites (tertiary alicyclic amines) is 1. The molecule has 2 aliphatic rings. The first kappa shape index (κ1) is 29.9. The second-order valence-electron chi connectivity index (χ2n) is 11.7. The van der Waals surface area contributed by atoms with Crippen LogP contribution in [0.1, 0.15) is 61.4 Å². The SMILES string of the molecule is Cc1ccc(F)cc1[C@H]1CC(=O)N(CCNC(=O)OC(C)(C)C)[C@@H](c2cccc(Cl)c2)[C@]12C(=O)Nc1cc(Cl)ccc12. The highest BCUT2D eigenvalue weighted by atomic mass is 35.5. The number of rotatable bonds is 5. The first-order valence-electron chi connectivity index (χ1n) is 13.7. The second-order valence-corrected chi connectivity index (χ2v) is 12.6. The quantitative estimate of drug-likeness (QED) is 0.328. The summed E-state index contributed by atoms with van der Waals surface area (Å²) in [6.07, 6.45) is -0.684. The number of ether oxygens (including phenoxy) is 1. The molecular weight excluding hydrogens is 580 g/mol. The molecule has 0 saturated carbocycles. The number of hydrogen-bond donors (Lipinski definition) is 2. The number of anilines is 1. The number of benzene rings is 3. The summed E-state index contributed by atoms with van der Waals surface area (Å²) in [5.74, 6) is -1.77. The predicted molar refractivity (Wildman–Crippen MR) is 160 cm³/mol. The molecule has 0 aliphatic carbocycles. The number of hydrogen-bond acceptors (Lipinski definition) is 4. The van der Waals surface area contributed by atoms with E-state index in [9.17, 15) is 18.8 Å². The van der Waals surface area contributed by atoms with Crippen LogP contribution in [0.2, 0.25) is 10.0 Å². The topological polar surface area (TPSA) is 87.7 Å². The van der Waals surface area contributed by atoms with E-state index < -0.39 is 34.9 Å². The maximum Gasteiger partial charge on any atom is 0.407 e. The van der Waals surface area contributed by atoms with Crippen LogP contribution in [0.5, 0.6) is 0 Å². The van der Waals surface area contributed by atoms with Gasteiger partial charge in [-0.2, -0.15) is 0 Å². The summed E-state index contributed by atoms with van der Waals surface area (Å²) < 4.78 is 20.1. The lowest BCUT2D eigenvalue weighted by Crippen LogP contribution is -2.59. The molecule has 7 nitrogen and oxygen atoms in total. The molecule has 1 spiro atoms. The van der Waals surface area contributed by atoms with Crippen molar-refractivity contribution in [3.8, 4) is 0 Å². The number of carbonyl (C=O) groups is 3. The molecule has 0 bridgehead atoms. The maximum absolute atomic E-state index is 14.7. The molecule has 1 saturated heterocycles. The third-order valence-corrected chi connectivity index (χ3v) is 8.32. The first-order valence-corrected chi connectivity index (χ1v) is 14.5. The lowest BCUT2D eigenvalue weighted by molar-refractivity contribution is -0.145. The van der Waals surface area contributed by atoms with Crippen LogP contribution >= 0.6 is 23.2 Å². The van der Waals surface area contributed by atoms with Gasteiger partial charge in [0.1, 0.15) is 16.8 Å². The fourth-order valence-corrected chi connectivity index (χ4v) is 6.66. The van der Waals surface area contributed by atoms with Crippen LogP contribution in [0.3, 0.4) is 0 Å². The maximum atomic E-state index is 14.7. The molecule has 2 heterocycles. The van der Waals surface area contributed by atoms with E-state index in [1.54, 1.807) is 68.1 Å². The van der Waals surface area contributed by atoms with Gasteiger partial charge in [0, 0.05) is 41.2 Å². The molecule has 3 aromatic carbocycles. The fourth-order valence-electron chi connectivity index (χ4n) is 6.29. The number of aryl methyl sites for hydroxylation is 1. The zero-order chi connectivity index (χ0) is 30.4. The molecule has 2 N–H and O–H groups in total. The summed E-state index contributed by atoms with van der Waals surface area (Å²) in [6, 6.07) is 15.8. The first-order chi connectivity index (χ1) is 19.8. The van der Waals surface area contributed by atoms with Gasteiger partial charge >= 0.3 is 6.09 Å². The van der Waals surface area contributed by atoms with Crippen molar-refractivity contribution >= 4 is 46.8 Å². The van der Waals surface area contributed by atoms with Crippen molar-refractivity contribution in [2.45, 2.75) is 57.1 Å². The predicted octanol–water partition coefficient (Wildman–Crippen LogP) is 6.91. The van der Waals surface area contributed by atoms with E-state index in [0.717, 1.165) is 5.56 Å². The second kappa shape index (κ2) is 11.2. The smallest absolute Gasteiger partial charge is 0.407 e. The summed E-state index contributed by atoms with van der Waals surface area (Å²) in [5, 5.41) is 6.59. The molecule has 3 amide bonds. The number of alkyl carbamates (subject to hydrolysis) is 1. The van der Waals surface area contributed by atoms with Crippen LogP contribution < -0.4 is 10.6 Å². The number of carbonyl (C=O) groups excluding carboxylic acids is 3. The van der Waals surface area contributed by atoms with E-state index in [-0.39, 0.29) is 31.3 Å². The Morgan fingerprint density at radius 2 is 1.83 bits per heavy atom. The summed E-state index contributed by atoms with van der Waals surface area (Å²) >= 11 is 12.8. The molecule has 42 heavy (non-hydrogen) atoms. The zero-order valence-electron chi connectivity index (χ0n) is 23.8. The van der Waals surface area contributed by atoms with Gasteiger partial charge in [0.15, 0.2) is 0 Å². The van der Waals surface area contributed by atoms with Gasteiger partial charge in [0.25, 0.3) is 0 Å². The molecule has 3 aromatic rings. The van der Waals surface area contributed by atoms with Crippen LogP contribution in [0.15, 0.2) is 60.7 Å². The normalized spacial score (nSPS) is 21.7. The van der Waals surface area contributed by atoms with Crippen LogP contribution in [0.25, 0.3) is 0 Å². The molecule has 0 radical (unpaired) electrons. The van der Waals surface area contributed by atoms with Crippen molar-refractivity contribution in [1.29, 1.82) is 0 Å². The van der Waals surface area contributed by atoms with Crippen molar-refractivity contribution < 1.29 is 23.5 Å². The van der Waals surface area contributed by atoms with Crippen LogP contribution in [-0.2, 0) is 19.7 Å². The Hall–Kier alpha value is -3.62. The van der Waals surface area contributed by atoms with Crippen molar-refractivity contribution in [3.05, 3.63) is 98.8 Å². The standard InChI is InChI=1S/C32H32Cl2FN3O4/c1-18-8-10-22(35)16-23(18)25-17-27(39)38(13-12-36-30(41)42-31(2,3)4)28(19-6-5-7-20(33)14-19)32(25)24-11-9-21(34)15-26(24)37-29(32)40/h5-11,14-16,25,28H,12-13,17H2,1-4H3,(H,36,41)(H,37,40)/t25-,28+,32-/m1/s1. The van der Waals surface area contributed by atoms with Crippen molar-refractivity contribution in [1.82, 2.24) is 10.2 Å². The van der Waals surface area contributed by atoms with Gasteiger partial charge in [-0.1, -0.05) is 47.5 Å². The highest BCUT2D eigenvalue weighted by Crippen LogP contribution is 2.60. The van der Waals surface area contributed by atoms with Crippen molar-refractivity contribution in [2.24, 2.45) is 0 Å². The monoisotopic (exact) mass is 611 g/mol. The van der Waals surface area contributed by atoms with Gasteiger partial charge in [-0.25, -0.2) is 9.18 Å². The van der Waals surface area contributed by atoms with Crippen LogP contribution in [0, 0.1) is 12.7 Å². The summed E-state index contributed by atoms with van der Waals surface area (Å²) in [7, 11) is 0. The van der Waals surface area contributed by atoms with Gasteiger partial charge in [-0.15, -0.1) is 0 Å².